The summed E-state index contributed by atoms with van der Waals surface area (Å²) in [5.74, 6) is -0.170. The van der Waals surface area contributed by atoms with E-state index in [2.05, 4.69) is 15.6 Å². The van der Waals surface area contributed by atoms with Crippen LogP contribution in [0.2, 0.25) is 0 Å². The van der Waals surface area contributed by atoms with Crippen LogP contribution in [0.5, 0.6) is 5.75 Å². The number of anilines is 1. The van der Waals surface area contributed by atoms with E-state index in [1.54, 1.807) is 44.2 Å². The molecule has 0 atom stereocenters. The first-order valence-electron chi connectivity index (χ1n) is 8.23. The number of amides is 1. The number of nitrogens with zero attached hydrogens (tertiary/aromatic N) is 3. The zero-order valence-corrected chi connectivity index (χ0v) is 14.8. The molecule has 0 fully saturated rings. The van der Waals surface area contributed by atoms with Crippen molar-refractivity contribution in [1.82, 2.24) is 15.0 Å². The van der Waals surface area contributed by atoms with Crippen molar-refractivity contribution in [3.05, 3.63) is 65.2 Å². The molecule has 0 bridgehead atoms. The normalized spacial score (nSPS) is 10.6. The van der Waals surface area contributed by atoms with Gasteiger partial charge in [0, 0.05) is 0 Å². The molecule has 1 heterocycles. The van der Waals surface area contributed by atoms with Crippen LogP contribution in [0.15, 0.2) is 42.5 Å². The maximum atomic E-state index is 13.8. The Hall–Kier alpha value is -3.22. The van der Waals surface area contributed by atoms with Crippen LogP contribution in [0.4, 0.5) is 10.1 Å². The lowest BCUT2D eigenvalue weighted by Gasteiger charge is -2.10. The van der Waals surface area contributed by atoms with Crippen molar-refractivity contribution in [3.8, 4) is 11.4 Å². The number of aromatic nitrogens is 3. The van der Waals surface area contributed by atoms with E-state index in [0.29, 0.717) is 35.0 Å². The Balaban J connectivity index is 1.88. The van der Waals surface area contributed by atoms with Crippen molar-refractivity contribution in [3.63, 3.8) is 0 Å². The van der Waals surface area contributed by atoms with Gasteiger partial charge in [-0.25, -0.2) is 9.07 Å². The summed E-state index contributed by atoms with van der Waals surface area (Å²) in [6.07, 6.45) is 0. The van der Waals surface area contributed by atoms with E-state index >= 15 is 0 Å². The first-order valence-corrected chi connectivity index (χ1v) is 8.23. The van der Waals surface area contributed by atoms with Crippen molar-refractivity contribution < 1.29 is 13.9 Å². The van der Waals surface area contributed by atoms with Gasteiger partial charge in [0.15, 0.2) is 5.69 Å². The summed E-state index contributed by atoms with van der Waals surface area (Å²) in [6, 6.07) is 11.9. The Labute approximate surface area is 150 Å². The molecule has 0 unspecified atom stereocenters. The molecule has 0 aliphatic rings. The second-order valence-corrected chi connectivity index (χ2v) is 5.75. The zero-order valence-electron chi connectivity index (χ0n) is 14.8. The summed E-state index contributed by atoms with van der Waals surface area (Å²) in [7, 11) is 0. The lowest BCUT2D eigenvalue weighted by Crippen LogP contribution is -2.15. The average Bonchev–Trinajstić information content (AvgIpc) is 3.01. The minimum absolute atomic E-state index is 0.164. The first-order chi connectivity index (χ1) is 12.5. The lowest BCUT2D eigenvalue weighted by molar-refractivity contribution is 0.102. The fourth-order valence-electron chi connectivity index (χ4n) is 2.53. The monoisotopic (exact) mass is 354 g/mol. The molecule has 26 heavy (non-hydrogen) atoms. The van der Waals surface area contributed by atoms with Gasteiger partial charge in [-0.3, -0.25) is 4.79 Å². The van der Waals surface area contributed by atoms with Crippen LogP contribution in [0.1, 0.15) is 28.7 Å². The summed E-state index contributed by atoms with van der Waals surface area (Å²) in [5.41, 5.74) is 2.27. The number of halogens is 1. The summed E-state index contributed by atoms with van der Waals surface area (Å²) >= 11 is 0. The number of para-hydroxylation sites is 2. The van der Waals surface area contributed by atoms with Crippen LogP contribution in [0.25, 0.3) is 5.69 Å². The summed E-state index contributed by atoms with van der Waals surface area (Å²) in [5, 5.41) is 10.7. The molecule has 7 heteroatoms. The van der Waals surface area contributed by atoms with Crippen molar-refractivity contribution >= 4 is 11.6 Å². The maximum absolute atomic E-state index is 13.8. The summed E-state index contributed by atoms with van der Waals surface area (Å²) < 4.78 is 20.8. The third kappa shape index (κ3) is 3.42. The van der Waals surface area contributed by atoms with Gasteiger partial charge in [0.25, 0.3) is 5.91 Å². The van der Waals surface area contributed by atoms with Crippen LogP contribution < -0.4 is 10.1 Å². The number of hydrogen-bond donors (Lipinski definition) is 1. The molecule has 6 nitrogen and oxygen atoms in total. The Kier molecular flexibility index (Phi) is 4.97. The fourth-order valence-corrected chi connectivity index (χ4v) is 2.53. The predicted octanol–water partition coefficient (Wildman–Crippen LogP) is 3.67. The standard InChI is InChI=1S/C19H19FN4O2/c1-4-26-17-8-6-5-7-16(17)21-19(25)18-13(3)24(23-22-18)14-10-9-12(2)15(20)11-14/h5-11H,4H2,1-3H3,(H,21,25). The van der Waals surface area contributed by atoms with Gasteiger partial charge < -0.3 is 10.1 Å². The molecule has 1 N–H and O–H groups in total. The molecule has 0 saturated carbocycles. The van der Waals surface area contributed by atoms with Crippen LogP contribution in [-0.2, 0) is 0 Å². The first kappa shape index (κ1) is 17.6. The highest BCUT2D eigenvalue weighted by Crippen LogP contribution is 2.24. The molecule has 134 valence electrons. The third-order valence-electron chi connectivity index (χ3n) is 3.94. The van der Waals surface area contributed by atoms with Gasteiger partial charge in [-0.2, -0.15) is 0 Å². The van der Waals surface area contributed by atoms with Crippen molar-refractivity contribution in [2.75, 3.05) is 11.9 Å². The Bertz CT molecular complexity index is 952. The van der Waals surface area contributed by atoms with Crippen molar-refractivity contribution in [2.24, 2.45) is 0 Å². The molecule has 0 aliphatic carbocycles. The number of benzene rings is 2. The van der Waals surface area contributed by atoms with E-state index in [9.17, 15) is 9.18 Å². The molecule has 0 spiro atoms. The Morgan fingerprint density at radius 3 is 2.73 bits per heavy atom. The van der Waals surface area contributed by atoms with Gasteiger partial charge in [0.1, 0.15) is 11.6 Å². The van der Waals surface area contributed by atoms with E-state index < -0.39 is 5.91 Å². The topological polar surface area (TPSA) is 69.0 Å². The SMILES string of the molecule is CCOc1ccccc1NC(=O)c1nnn(-c2ccc(C)c(F)c2)c1C. The van der Waals surface area contributed by atoms with Crippen LogP contribution >= 0.6 is 0 Å². The molecule has 0 saturated heterocycles. The highest BCUT2D eigenvalue weighted by Gasteiger charge is 2.19. The van der Waals surface area contributed by atoms with Gasteiger partial charge in [-0.1, -0.05) is 23.4 Å². The molecular formula is C19H19FN4O2. The average molecular weight is 354 g/mol. The molecular weight excluding hydrogens is 335 g/mol. The quantitative estimate of drug-likeness (QED) is 0.759. The number of aryl methyl sites for hydroxylation is 1. The van der Waals surface area contributed by atoms with Gasteiger partial charge in [0.05, 0.1) is 23.7 Å². The number of rotatable bonds is 5. The lowest BCUT2D eigenvalue weighted by atomic mass is 10.2. The van der Waals surface area contributed by atoms with E-state index in [1.165, 1.54) is 10.7 Å². The predicted molar refractivity (Wildman–Crippen MR) is 96.4 cm³/mol. The highest BCUT2D eigenvalue weighted by atomic mass is 19.1. The third-order valence-corrected chi connectivity index (χ3v) is 3.94. The second kappa shape index (κ2) is 7.35. The van der Waals surface area contributed by atoms with E-state index in [4.69, 9.17) is 4.74 Å². The molecule has 0 aliphatic heterocycles. The minimum Gasteiger partial charge on any atom is -0.492 e. The molecule has 3 rings (SSSR count). The molecule has 2 aromatic carbocycles. The fraction of sp³-hybridized carbons (Fsp3) is 0.211. The van der Waals surface area contributed by atoms with Crippen LogP contribution in [-0.4, -0.2) is 27.5 Å². The summed E-state index contributed by atoms with van der Waals surface area (Å²) in [6.45, 7) is 5.75. The molecule has 1 amide bonds. The van der Waals surface area contributed by atoms with E-state index in [0.717, 1.165) is 0 Å². The van der Waals surface area contributed by atoms with Gasteiger partial charge in [-0.15, -0.1) is 5.10 Å². The Morgan fingerprint density at radius 1 is 1.23 bits per heavy atom. The maximum Gasteiger partial charge on any atom is 0.278 e. The number of ether oxygens (including phenoxy) is 1. The van der Waals surface area contributed by atoms with Gasteiger partial charge >= 0.3 is 0 Å². The van der Waals surface area contributed by atoms with Gasteiger partial charge in [-0.05, 0) is 50.6 Å². The molecule has 0 radical (unpaired) electrons. The number of hydrogen-bond acceptors (Lipinski definition) is 4. The minimum atomic E-state index is -0.409. The number of carbonyl (C=O) groups excluding carboxylic acids is 1. The van der Waals surface area contributed by atoms with Crippen LogP contribution in [0.3, 0.4) is 0 Å². The Morgan fingerprint density at radius 2 is 2.00 bits per heavy atom. The number of nitrogens with one attached hydrogen (secondary N) is 1. The smallest absolute Gasteiger partial charge is 0.278 e. The molecule has 1 aromatic heterocycles. The van der Waals surface area contributed by atoms with E-state index in [1.807, 2.05) is 13.0 Å². The molecule has 3 aromatic rings. The highest BCUT2D eigenvalue weighted by molar-refractivity contribution is 6.04. The van der Waals surface area contributed by atoms with E-state index in [-0.39, 0.29) is 11.5 Å². The largest absolute Gasteiger partial charge is 0.492 e. The number of carbonyl (C=O) groups is 1. The van der Waals surface area contributed by atoms with Crippen LogP contribution in [0, 0.1) is 19.7 Å². The van der Waals surface area contributed by atoms with Crippen molar-refractivity contribution in [1.29, 1.82) is 0 Å². The zero-order chi connectivity index (χ0) is 18.7. The summed E-state index contributed by atoms with van der Waals surface area (Å²) in [4.78, 5) is 12.6. The van der Waals surface area contributed by atoms with Crippen molar-refractivity contribution in [2.45, 2.75) is 20.8 Å². The second-order valence-electron chi connectivity index (χ2n) is 5.75. The van der Waals surface area contributed by atoms with Gasteiger partial charge in [0.2, 0.25) is 0 Å².